The largest absolute Gasteiger partial charge is 0.481 e. The van der Waals surface area contributed by atoms with Gasteiger partial charge in [0, 0.05) is 12.8 Å². The molecule has 0 aliphatic heterocycles. The second kappa shape index (κ2) is 12.1. The van der Waals surface area contributed by atoms with Crippen molar-refractivity contribution in [2.45, 2.75) is 37.8 Å². The molecule has 150 valence electrons. The minimum Gasteiger partial charge on any atom is -0.481 e. The maximum Gasteiger partial charge on any atom is 0.326 e. The number of nitrogens with two attached hydrogens (primary N) is 4. The SMILES string of the molecule is NN(N)C(CCC(=O)O)C(=O)OCCOC(=O)C(CCC(=O)O)N(N)N. The third kappa shape index (κ3) is 9.82. The number of nitrogens with zero attached hydrogens (tertiary/aromatic N) is 2. The first-order valence-electron chi connectivity index (χ1n) is 7.40. The van der Waals surface area contributed by atoms with E-state index in [1.807, 2.05) is 0 Å². The van der Waals surface area contributed by atoms with E-state index in [9.17, 15) is 19.2 Å². The van der Waals surface area contributed by atoms with Crippen molar-refractivity contribution in [1.82, 2.24) is 10.2 Å². The molecule has 0 aromatic heterocycles. The van der Waals surface area contributed by atoms with E-state index in [0.29, 0.717) is 10.2 Å². The van der Waals surface area contributed by atoms with Gasteiger partial charge in [0.15, 0.2) is 0 Å². The van der Waals surface area contributed by atoms with Gasteiger partial charge in [-0.1, -0.05) is 0 Å². The molecule has 26 heavy (non-hydrogen) atoms. The zero-order chi connectivity index (χ0) is 20.3. The van der Waals surface area contributed by atoms with Crippen molar-refractivity contribution in [3.63, 3.8) is 0 Å². The number of esters is 2. The van der Waals surface area contributed by atoms with Gasteiger partial charge < -0.3 is 19.7 Å². The van der Waals surface area contributed by atoms with E-state index in [1.165, 1.54) is 0 Å². The Kier molecular flexibility index (Phi) is 11.0. The Morgan fingerprint density at radius 2 is 1.04 bits per heavy atom. The number of carbonyl (C=O) groups is 4. The second-order valence-corrected chi connectivity index (χ2v) is 5.13. The molecule has 2 atom stereocenters. The Balaban J connectivity index is 4.35. The van der Waals surface area contributed by atoms with E-state index in [1.54, 1.807) is 0 Å². The van der Waals surface area contributed by atoms with E-state index in [0.717, 1.165) is 0 Å². The highest BCUT2D eigenvalue weighted by molar-refractivity contribution is 5.77. The highest BCUT2D eigenvalue weighted by Crippen LogP contribution is 2.05. The molecule has 0 rings (SSSR count). The maximum atomic E-state index is 11.8. The van der Waals surface area contributed by atoms with Crippen LogP contribution in [-0.4, -0.2) is 69.6 Å². The van der Waals surface area contributed by atoms with Gasteiger partial charge in [0.25, 0.3) is 0 Å². The van der Waals surface area contributed by atoms with Gasteiger partial charge in [-0.05, 0) is 12.8 Å². The molecular weight excluding hydrogens is 356 g/mol. The summed E-state index contributed by atoms with van der Waals surface area (Å²) < 4.78 is 9.61. The minimum absolute atomic E-state index is 0.173. The molecule has 0 spiro atoms. The highest BCUT2D eigenvalue weighted by atomic mass is 16.6. The summed E-state index contributed by atoms with van der Waals surface area (Å²) in [5.41, 5.74) is 0. The smallest absolute Gasteiger partial charge is 0.326 e. The van der Waals surface area contributed by atoms with Gasteiger partial charge in [-0.25, -0.2) is 0 Å². The lowest BCUT2D eigenvalue weighted by Crippen LogP contribution is -2.52. The van der Waals surface area contributed by atoms with Gasteiger partial charge in [0.05, 0.1) is 0 Å². The normalized spacial score (nSPS) is 13.3. The van der Waals surface area contributed by atoms with Gasteiger partial charge in [-0.3, -0.25) is 42.5 Å². The first kappa shape index (κ1) is 23.6. The summed E-state index contributed by atoms with van der Waals surface area (Å²) in [5.74, 6) is 17.0. The summed E-state index contributed by atoms with van der Waals surface area (Å²) >= 11 is 0. The number of ether oxygens (including phenoxy) is 2. The topological polar surface area (TPSA) is 238 Å². The van der Waals surface area contributed by atoms with E-state index < -0.39 is 36.0 Å². The van der Waals surface area contributed by atoms with Crippen LogP contribution in [-0.2, 0) is 28.7 Å². The van der Waals surface area contributed by atoms with Crippen LogP contribution in [0.3, 0.4) is 0 Å². The molecule has 0 aliphatic rings. The lowest BCUT2D eigenvalue weighted by Gasteiger charge is -2.22. The molecule has 0 saturated heterocycles. The standard InChI is InChI=1S/C12H24N6O8/c13-17(14)7(1-3-9(19)20)11(23)25-5-6-26-12(24)8(18(15)16)2-4-10(21)22/h7-8H,1-6,13-16H2,(H,19,20)(H,21,22). The Morgan fingerprint density at radius 1 is 0.731 bits per heavy atom. The number of hydrogen-bond donors (Lipinski definition) is 6. The van der Waals surface area contributed by atoms with Crippen LogP contribution in [0.2, 0.25) is 0 Å². The quantitative estimate of drug-likeness (QED) is 0.0791. The van der Waals surface area contributed by atoms with Crippen molar-refractivity contribution in [3.8, 4) is 0 Å². The first-order chi connectivity index (χ1) is 12.1. The van der Waals surface area contributed by atoms with Crippen LogP contribution >= 0.6 is 0 Å². The third-order valence-electron chi connectivity index (χ3n) is 3.10. The predicted molar refractivity (Wildman–Crippen MR) is 83.7 cm³/mol. The number of hydrazine groups is 4. The molecule has 10 N–H and O–H groups in total. The minimum atomic E-state index is -1.19. The molecule has 0 heterocycles. The van der Waals surface area contributed by atoms with Crippen molar-refractivity contribution in [1.29, 1.82) is 0 Å². The molecule has 0 aliphatic carbocycles. The maximum absolute atomic E-state index is 11.8. The second-order valence-electron chi connectivity index (χ2n) is 5.13. The molecule has 0 aromatic carbocycles. The third-order valence-corrected chi connectivity index (χ3v) is 3.10. The Bertz CT molecular complexity index is 456. The Labute approximate surface area is 148 Å². The monoisotopic (exact) mass is 380 g/mol. The summed E-state index contributed by atoms with van der Waals surface area (Å²) in [5, 5.41) is 18.3. The average Bonchev–Trinajstić information content (AvgIpc) is 2.50. The molecule has 0 radical (unpaired) electrons. The van der Waals surface area contributed by atoms with Crippen LogP contribution in [0.25, 0.3) is 0 Å². The van der Waals surface area contributed by atoms with Gasteiger partial charge in [-0.2, -0.15) is 10.2 Å². The van der Waals surface area contributed by atoms with Gasteiger partial charge in [0.2, 0.25) is 0 Å². The summed E-state index contributed by atoms with van der Waals surface area (Å²) in [7, 11) is 0. The highest BCUT2D eigenvalue weighted by Gasteiger charge is 2.26. The van der Waals surface area contributed by atoms with E-state index in [2.05, 4.69) is 0 Å². The molecule has 0 saturated carbocycles. The molecule has 0 fully saturated rings. The van der Waals surface area contributed by atoms with Crippen LogP contribution < -0.4 is 23.4 Å². The van der Waals surface area contributed by atoms with Crippen molar-refractivity contribution in [2.75, 3.05) is 13.2 Å². The zero-order valence-electron chi connectivity index (χ0n) is 13.9. The van der Waals surface area contributed by atoms with E-state index >= 15 is 0 Å². The predicted octanol–water partition coefficient (Wildman–Crippen LogP) is -3.36. The number of aliphatic carboxylic acids is 2. The van der Waals surface area contributed by atoms with Gasteiger partial charge >= 0.3 is 23.9 Å². The molecule has 0 bridgehead atoms. The molecule has 2 unspecified atom stereocenters. The lowest BCUT2D eigenvalue weighted by molar-refractivity contribution is -0.160. The molecule has 14 nitrogen and oxygen atoms in total. The number of carbonyl (C=O) groups excluding carboxylic acids is 2. The summed E-state index contributed by atoms with van der Waals surface area (Å²) in [6, 6.07) is -2.37. The molecule has 14 heteroatoms. The number of rotatable bonds is 13. The number of hydrogen-bond acceptors (Lipinski definition) is 12. The van der Waals surface area contributed by atoms with E-state index in [-0.39, 0.29) is 38.9 Å². The number of carboxylic acid groups (broad SMARTS) is 2. The van der Waals surface area contributed by atoms with Crippen LogP contribution in [0.1, 0.15) is 25.7 Å². The first-order valence-corrected chi connectivity index (χ1v) is 7.40. The zero-order valence-corrected chi connectivity index (χ0v) is 13.9. The van der Waals surface area contributed by atoms with Gasteiger partial charge in [0.1, 0.15) is 25.3 Å². The average molecular weight is 380 g/mol. The summed E-state index contributed by atoms with van der Waals surface area (Å²) in [6.07, 6.45) is -1.05. The fourth-order valence-corrected chi connectivity index (χ4v) is 1.77. The fourth-order valence-electron chi connectivity index (χ4n) is 1.77. The van der Waals surface area contributed by atoms with Crippen LogP contribution in [0.15, 0.2) is 0 Å². The van der Waals surface area contributed by atoms with Crippen molar-refractivity contribution < 1.29 is 38.9 Å². The Hall–Kier alpha value is -2.36. The molecule has 0 aromatic rings. The van der Waals surface area contributed by atoms with Gasteiger partial charge in [-0.15, -0.1) is 0 Å². The van der Waals surface area contributed by atoms with Crippen LogP contribution in [0, 0.1) is 0 Å². The lowest BCUT2D eigenvalue weighted by atomic mass is 10.1. The van der Waals surface area contributed by atoms with Crippen molar-refractivity contribution in [2.24, 2.45) is 23.4 Å². The van der Waals surface area contributed by atoms with Crippen LogP contribution in [0.4, 0.5) is 0 Å². The summed E-state index contributed by atoms with van der Waals surface area (Å²) in [6.45, 7) is -0.717. The summed E-state index contributed by atoms with van der Waals surface area (Å²) in [4.78, 5) is 44.6. The number of carboxylic acids is 2. The van der Waals surface area contributed by atoms with Crippen LogP contribution in [0.5, 0.6) is 0 Å². The molecular formula is C12H24N6O8. The van der Waals surface area contributed by atoms with E-state index in [4.69, 9.17) is 43.1 Å². The molecule has 0 amide bonds. The fraction of sp³-hybridized carbons (Fsp3) is 0.667. The van der Waals surface area contributed by atoms with Crippen molar-refractivity contribution in [3.05, 3.63) is 0 Å². The van der Waals surface area contributed by atoms with Crippen molar-refractivity contribution >= 4 is 23.9 Å². The Morgan fingerprint density at radius 3 is 1.27 bits per heavy atom.